The van der Waals surface area contributed by atoms with Gasteiger partial charge < -0.3 is 9.64 Å². The van der Waals surface area contributed by atoms with Gasteiger partial charge in [-0.1, -0.05) is 12.1 Å². The molecule has 1 aliphatic heterocycles. The molecule has 0 N–H and O–H groups in total. The predicted octanol–water partition coefficient (Wildman–Crippen LogP) is 3.42. The molecule has 0 unspecified atom stereocenters. The Balaban J connectivity index is 1.65. The molecule has 3 rings (SSSR count). The Labute approximate surface area is 153 Å². The molecule has 0 aromatic heterocycles. The van der Waals surface area contributed by atoms with Crippen LogP contribution in [-0.2, 0) is 4.79 Å². The van der Waals surface area contributed by atoms with Crippen LogP contribution in [0.1, 0.15) is 0 Å². The van der Waals surface area contributed by atoms with Gasteiger partial charge in [0, 0.05) is 26.2 Å². The van der Waals surface area contributed by atoms with Crippen LogP contribution in [-0.4, -0.2) is 44.0 Å². The SMILES string of the molecule is O=CN(c1ccc(OC(F)(F)F)cc1)N1CCN(c2ccccc2F)CC1. The minimum absolute atomic E-state index is 0.307. The number of alkyl halides is 3. The fourth-order valence-electron chi connectivity index (χ4n) is 2.95. The van der Waals surface area contributed by atoms with Crippen LogP contribution in [0.2, 0.25) is 0 Å². The Kier molecular flexibility index (Phi) is 5.50. The molecule has 1 amide bonds. The second-order valence-corrected chi connectivity index (χ2v) is 5.88. The van der Waals surface area contributed by atoms with Gasteiger partial charge >= 0.3 is 6.36 Å². The lowest BCUT2D eigenvalue weighted by molar-refractivity contribution is -0.274. The zero-order chi connectivity index (χ0) is 19.4. The fourth-order valence-corrected chi connectivity index (χ4v) is 2.95. The molecule has 1 saturated heterocycles. The molecule has 9 heteroatoms. The maximum absolute atomic E-state index is 13.9. The van der Waals surface area contributed by atoms with Gasteiger partial charge in [0.15, 0.2) is 0 Å². The maximum atomic E-state index is 13.9. The Bertz CT molecular complexity index is 775. The van der Waals surface area contributed by atoms with Crippen LogP contribution >= 0.6 is 0 Å². The zero-order valence-electron chi connectivity index (χ0n) is 14.2. The molecule has 1 aliphatic rings. The average molecular weight is 383 g/mol. The molecule has 0 radical (unpaired) electrons. The van der Waals surface area contributed by atoms with Crippen molar-refractivity contribution in [3.05, 3.63) is 54.3 Å². The van der Waals surface area contributed by atoms with Gasteiger partial charge in [-0.15, -0.1) is 13.2 Å². The first-order chi connectivity index (χ1) is 12.9. The first-order valence-electron chi connectivity index (χ1n) is 8.22. The van der Waals surface area contributed by atoms with E-state index in [2.05, 4.69) is 4.74 Å². The number of hydrazine groups is 1. The number of ether oxygens (including phenoxy) is 1. The van der Waals surface area contributed by atoms with Crippen molar-refractivity contribution >= 4 is 17.8 Å². The first-order valence-corrected chi connectivity index (χ1v) is 8.22. The van der Waals surface area contributed by atoms with Gasteiger partial charge in [0.25, 0.3) is 0 Å². The summed E-state index contributed by atoms with van der Waals surface area (Å²) in [5.74, 6) is -0.667. The third-order valence-corrected chi connectivity index (χ3v) is 4.19. The summed E-state index contributed by atoms with van der Waals surface area (Å²) < 4.78 is 54.4. The summed E-state index contributed by atoms with van der Waals surface area (Å²) in [4.78, 5) is 13.4. The Morgan fingerprint density at radius 1 is 0.963 bits per heavy atom. The lowest BCUT2D eigenvalue weighted by Crippen LogP contribution is -2.53. The molecule has 2 aromatic carbocycles. The van der Waals surface area contributed by atoms with Gasteiger partial charge in [0.2, 0.25) is 6.41 Å². The average Bonchev–Trinajstić information content (AvgIpc) is 2.64. The number of carbonyl (C=O) groups is 1. The number of nitrogens with zero attached hydrogens (tertiary/aromatic N) is 3. The first kappa shape index (κ1) is 19.0. The number of anilines is 2. The summed E-state index contributed by atoms with van der Waals surface area (Å²) in [6.45, 7) is 1.91. The molecule has 1 fully saturated rings. The monoisotopic (exact) mass is 383 g/mol. The van der Waals surface area contributed by atoms with Crippen LogP contribution in [0.5, 0.6) is 5.75 Å². The van der Waals surface area contributed by atoms with E-state index in [-0.39, 0.29) is 11.6 Å². The van der Waals surface area contributed by atoms with Crippen LogP contribution in [0.25, 0.3) is 0 Å². The van der Waals surface area contributed by atoms with Crippen LogP contribution in [0, 0.1) is 5.82 Å². The van der Waals surface area contributed by atoms with Gasteiger partial charge in [-0.3, -0.25) is 4.79 Å². The van der Waals surface area contributed by atoms with Crippen molar-refractivity contribution < 1.29 is 27.1 Å². The third-order valence-electron chi connectivity index (χ3n) is 4.19. The number of benzene rings is 2. The highest BCUT2D eigenvalue weighted by molar-refractivity contribution is 5.74. The normalized spacial score (nSPS) is 15.5. The van der Waals surface area contributed by atoms with E-state index in [4.69, 9.17) is 0 Å². The summed E-state index contributed by atoms with van der Waals surface area (Å²) >= 11 is 0. The van der Waals surface area contributed by atoms with Gasteiger partial charge in [0.05, 0.1) is 11.4 Å². The van der Waals surface area contributed by atoms with Gasteiger partial charge in [-0.25, -0.2) is 14.4 Å². The van der Waals surface area contributed by atoms with E-state index in [0.29, 0.717) is 44.0 Å². The van der Waals surface area contributed by atoms with Crippen molar-refractivity contribution in [3.8, 4) is 5.75 Å². The van der Waals surface area contributed by atoms with Crippen LogP contribution in [0.15, 0.2) is 48.5 Å². The second-order valence-electron chi connectivity index (χ2n) is 5.88. The smallest absolute Gasteiger partial charge is 0.406 e. The van der Waals surface area contributed by atoms with Crippen LogP contribution in [0.4, 0.5) is 28.9 Å². The number of rotatable bonds is 5. The Hall–Kier alpha value is -2.81. The number of carbonyl (C=O) groups excluding carboxylic acids is 1. The largest absolute Gasteiger partial charge is 0.573 e. The Morgan fingerprint density at radius 3 is 2.15 bits per heavy atom. The van der Waals surface area contributed by atoms with Crippen molar-refractivity contribution in [2.45, 2.75) is 6.36 Å². The zero-order valence-corrected chi connectivity index (χ0v) is 14.2. The van der Waals surface area contributed by atoms with Gasteiger partial charge in [-0.05, 0) is 36.4 Å². The molecule has 0 bridgehead atoms. The summed E-state index contributed by atoms with van der Waals surface area (Å²) in [6, 6.07) is 11.5. The third kappa shape index (κ3) is 4.68. The highest BCUT2D eigenvalue weighted by atomic mass is 19.4. The number of hydrogen-bond acceptors (Lipinski definition) is 4. The molecular weight excluding hydrogens is 366 g/mol. The van der Waals surface area contributed by atoms with E-state index in [1.807, 2.05) is 4.90 Å². The standard InChI is InChI=1S/C18H17F4N3O2/c19-16-3-1-2-4-17(16)23-9-11-24(12-10-23)25(13-26)14-5-7-15(8-6-14)27-18(20,21)22/h1-8,13H,9-12H2. The van der Waals surface area contributed by atoms with E-state index in [1.165, 1.54) is 23.2 Å². The van der Waals surface area contributed by atoms with Crippen molar-refractivity contribution in [1.82, 2.24) is 5.01 Å². The van der Waals surface area contributed by atoms with E-state index >= 15 is 0 Å². The number of hydrogen-bond donors (Lipinski definition) is 0. The van der Waals surface area contributed by atoms with Gasteiger partial charge in [0.1, 0.15) is 11.6 Å². The van der Waals surface area contributed by atoms with Crippen molar-refractivity contribution in [1.29, 1.82) is 0 Å². The molecule has 1 heterocycles. The van der Waals surface area contributed by atoms with E-state index < -0.39 is 6.36 Å². The minimum Gasteiger partial charge on any atom is -0.406 e. The van der Waals surface area contributed by atoms with Crippen LogP contribution < -0.4 is 14.6 Å². The number of halogens is 4. The molecular formula is C18H17F4N3O2. The fraction of sp³-hybridized carbons (Fsp3) is 0.278. The summed E-state index contributed by atoms with van der Waals surface area (Å²) in [5.41, 5.74) is 0.919. The maximum Gasteiger partial charge on any atom is 0.573 e. The lowest BCUT2D eigenvalue weighted by Gasteiger charge is -2.40. The van der Waals surface area contributed by atoms with Crippen molar-refractivity contribution in [2.24, 2.45) is 0 Å². The lowest BCUT2D eigenvalue weighted by atomic mass is 10.2. The van der Waals surface area contributed by atoms with Crippen molar-refractivity contribution in [2.75, 3.05) is 36.1 Å². The van der Waals surface area contributed by atoms with Gasteiger partial charge in [-0.2, -0.15) is 0 Å². The number of para-hydroxylation sites is 1. The molecule has 2 aromatic rings. The highest BCUT2D eigenvalue weighted by Crippen LogP contribution is 2.26. The van der Waals surface area contributed by atoms with Crippen LogP contribution in [0.3, 0.4) is 0 Å². The van der Waals surface area contributed by atoms with E-state index in [9.17, 15) is 22.4 Å². The molecule has 0 aliphatic carbocycles. The van der Waals surface area contributed by atoms with Crippen molar-refractivity contribution in [3.63, 3.8) is 0 Å². The topological polar surface area (TPSA) is 36.0 Å². The summed E-state index contributed by atoms with van der Waals surface area (Å²) in [7, 11) is 0. The predicted molar refractivity (Wildman–Crippen MR) is 91.9 cm³/mol. The second kappa shape index (κ2) is 7.83. The number of piperazine rings is 1. The molecule has 0 saturated carbocycles. The highest BCUT2D eigenvalue weighted by Gasteiger charge is 2.31. The number of amides is 1. The molecule has 0 spiro atoms. The molecule has 27 heavy (non-hydrogen) atoms. The molecule has 5 nitrogen and oxygen atoms in total. The van der Waals surface area contributed by atoms with E-state index in [0.717, 1.165) is 12.1 Å². The summed E-state index contributed by atoms with van der Waals surface area (Å²) in [6.07, 6.45) is -4.17. The van der Waals surface area contributed by atoms with E-state index in [1.54, 1.807) is 23.2 Å². The minimum atomic E-state index is -4.77. The molecule has 0 atom stereocenters. The summed E-state index contributed by atoms with van der Waals surface area (Å²) in [5, 5.41) is 3.08. The quantitative estimate of drug-likeness (QED) is 0.586. The Morgan fingerprint density at radius 2 is 1.59 bits per heavy atom. The molecule has 144 valence electrons.